The molecular weight excluding hydrogens is 392 g/mol. The van der Waals surface area contributed by atoms with Crippen molar-refractivity contribution in [3.8, 4) is 0 Å². The molecule has 1 heterocycles. The summed E-state index contributed by atoms with van der Waals surface area (Å²) in [4.78, 5) is 25.7. The third-order valence-corrected chi connectivity index (χ3v) is 10.4. The molecule has 3 aliphatic carbocycles. The zero-order chi connectivity index (χ0) is 23.1. The Morgan fingerprint density at radius 2 is 1.74 bits per heavy atom. The van der Waals surface area contributed by atoms with Crippen molar-refractivity contribution in [2.75, 3.05) is 7.11 Å². The topological polar surface area (TPSA) is 72.8 Å². The quantitative estimate of drug-likeness (QED) is 0.489. The van der Waals surface area contributed by atoms with Crippen molar-refractivity contribution < 1.29 is 24.2 Å². The predicted octanol–water partition coefficient (Wildman–Crippen LogP) is 4.46. The van der Waals surface area contributed by atoms with E-state index >= 15 is 0 Å². The number of methoxy groups -OCH3 is 1. The number of hydrogen-bond acceptors (Lipinski definition) is 5. The molecule has 5 nitrogen and oxygen atoms in total. The molecule has 1 N–H and O–H groups in total. The summed E-state index contributed by atoms with van der Waals surface area (Å²) in [6.07, 6.45) is 4.13. The van der Waals surface area contributed by atoms with E-state index in [1.165, 1.54) is 7.11 Å². The molecule has 1 saturated heterocycles. The van der Waals surface area contributed by atoms with Gasteiger partial charge in [-0.2, -0.15) is 0 Å². The van der Waals surface area contributed by atoms with E-state index in [0.29, 0.717) is 11.8 Å². The third-order valence-electron chi connectivity index (χ3n) is 10.4. The van der Waals surface area contributed by atoms with Crippen LogP contribution in [0.4, 0.5) is 0 Å². The molecule has 0 amide bonds. The summed E-state index contributed by atoms with van der Waals surface area (Å²) in [5, 5.41) is 10.8. The maximum Gasteiger partial charge on any atom is 0.341 e. The molecule has 0 bridgehead atoms. The Labute approximate surface area is 186 Å². The molecule has 1 aliphatic heterocycles. The van der Waals surface area contributed by atoms with Crippen molar-refractivity contribution in [2.24, 2.45) is 34.0 Å². The molecule has 0 aromatic carbocycles. The summed E-state index contributed by atoms with van der Waals surface area (Å²) in [6, 6.07) is 0. The van der Waals surface area contributed by atoms with E-state index in [1.54, 1.807) is 0 Å². The normalized spacial score (nSPS) is 49.1. The standard InChI is InChI=1S/C26H40O5/c1-14-20(28)19(22(29)30-8)15(2)25(6)13-17-24(5)11-10-18(27)23(3,4)16(24)9-12-26(17,7)31-21(14)25/h14,16-18,21,27H,9-13H2,1-8H3/t14?,16-,17+,18-,21?,24-,25-,26+/m1/s1. The zero-order valence-corrected chi connectivity index (χ0v) is 20.5. The fourth-order valence-corrected chi connectivity index (χ4v) is 8.26. The molecular formula is C26H40O5. The molecule has 3 fully saturated rings. The molecule has 5 heteroatoms. The molecule has 0 aromatic heterocycles. The summed E-state index contributed by atoms with van der Waals surface area (Å²) < 4.78 is 11.9. The SMILES string of the molecule is COC(=O)C1=C(C)[C@@]2(C)C[C@H]3[C@]4(C)CC[C@@H](O)C(C)(C)[C@H]4CC[C@]3(C)OC2C(C)C1=O. The maximum atomic E-state index is 13.1. The van der Waals surface area contributed by atoms with Crippen LogP contribution in [0.15, 0.2) is 11.1 Å². The summed E-state index contributed by atoms with van der Waals surface area (Å²) in [5.74, 6) is -0.359. The van der Waals surface area contributed by atoms with E-state index in [4.69, 9.17) is 9.47 Å². The second-order valence-electron chi connectivity index (χ2n) is 12.1. The minimum absolute atomic E-state index is 0.0418. The third kappa shape index (κ3) is 2.88. The predicted molar refractivity (Wildman–Crippen MR) is 118 cm³/mol. The van der Waals surface area contributed by atoms with Crippen LogP contribution in [0.1, 0.15) is 80.6 Å². The van der Waals surface area contributed by atoms with Crippen molar-refractivity contribution >= 4 is 11.8 Å². The first kappa shape index (κ1) is 23.0. The lowest BCUT2D eigenvalue weighted by Crippen LogP contribution is -2.67. The molecule has 8 atom stereocenters. The molecule has 4 rings (SSSR count). The van der Waals surface area contributed by atoms with Crippen molar-refractivity contribution in [2.45, 2.75) is 98.4 Å². The van der Waals surface area contributed by atoms with Crippen molar-refractivity contribution in [3.63, 3.8) is 0 Å². The zero-order valence-electron chi connectivity index (χ0n) is 20.5. The second kappa shape index (κ2) is 6.90. The Balaban J connectivity index is 1.82. The molecule has 0 aromatic rings. The van der Waals surface area contributed by atoms with E-state index in [1.807, 2.05) is 13.8 Å². The van der Waals surface area contributed by atoms with Gasteiger partial charge in [0.25, 0.3) is 0 Å². The number of aliphatic hydroxyl groups excluding tert-OH is 1. The van der Waals surface area contributed by atoms with E-state index < -0.39 is 11.4 Å². The fraction of sp³-hybridized carbons (Fsp3) is 0.846. The van der Waals surface area contributed by atoms with Gasteiger partial charge in [-0.3, -0.25) is 4.79 Å². The van der Waals surface area contributed by atoms with Crippen molar-refractivity contribution in [1.82, 2.24) is 0 Å². The van der Waals surface area contributed by atoms with Gasteiger partial charge in [-0.15, -0.1) is 0 Å². The average molecular weight is 433 g/mol. The van der Waals surface area contributed by atoms with E-state index in [0.717, 1.165) is 37.7 Å². The number of esters is 1. The van der Waals surface area contributed by atoms with Crippen molar-refractivity contribution in [3.05, 3.63) is 11.1 Å². The van der Waals surface area contributed by atoms with E-state index in [-0.39, 0.29) is 45.9 Å². The Morgan fingerprint density at radius 3 is 2.35 bits per heavy atom. The minimum Gasteiger partial charge on any atom is -0.465 e. The molecule has 0 spiro atoms. The lowest BCUT2D eigenvalue weighted by atomic mass is 9.42. The number of rotatable bonds is 1. The lowest BCUT2D eigenvalue weighted by molar-refractivity contribution is -0.280. The van der Waals surface area contributed by atoms with Crippen LogP contribution in [0.3, 0.4) is 0 Å². The number of fused-ring (bicyclic) bond motifs is 4. The van der Waals surface area contributed by atoms with Crippen LogP contribution < -0.4 is 0 Å². The first-order chi connectivity index (χ1) is 14.2. The number of hydrogen-bond donors (Lipinski definition) is 1. The first-order valence-electron chi connectivity index (χ1n) is 11.9. The smallest absolute Gasteiger partial charge is 0.341 e. The largest absolute Gasteiger partial charge is 0.465 e. The average Bonchev–Trinajstić information content (AvgIpc) is 2.70. The summed E-state index contributed by atoms with van der Waals surface area (Å²) >= 11 is 0. The van der Waals surface area contributed by atoms with Crippen LogP contribution in [0.25, 0.3) is 0 Å². The van der Waals surface area contributed by atoms with Crippen LogP contribution in [0, 0.1) is 34.0 Å². The molecule has 0 radical (unpaired) electrons. The van der Waals surface area contributed by atoms with Crippen LogP contribution in [0.5, 0.6) is 0 Å². The highest BCUT2D eigenvalue weighted by molar-refractivity contribution is 6.19. The fourth-order valence-electron chi connectivity index (χ4n) is 8.26. The van der Waals surface area contributed by atoms with Gasteiger partial charge in [0.2, 0.25) is 0 Å². The number of aliphatic hydroxyl groups is 1. The van der Waals surface area contributed by atoms with E-state index in [9.17, 15) is 14.7 Å². The highest BCUT2D eigenvalue weighted by Crippen LogP contribution is 2.68. The van der Waals surface area contributed by atoms with Gasteiger partial charge in [0.05, 0.1) is 24.9 Å². The van der Waals surface area contributed by atoms with Gasteiger partial charge in [-0.1, -0.05) is 34.6 Å². The van der Waals surface area contributed by atoms with Crippen LogP contribution in [-0.4, -0.2) is 41.8 Å². The minimum atomic E-state index is -0.531. The van der Waals surface area contributed by atoms with Crippen LogP contribution in [0.2, 0.25) is 0 Å². The monoisotopic (exact) mass is 432 g/mol. The molecule has 31 heavy (non-hydrogen) atoms. The number of carbonyl (C=O) groups is 2. The first-order valence-corrected chi connectivity index (χ1v) is 11.9. The summed E-state index contributed by atoms with van der Waals surface area (Å²) in [5.41, 5.74) is 0.245. The molecule has 2 unspecified atom stereocenters. The second-order valence-corrected chi connectivity index (χ2v) is 12.1. The van der Waals surface area contributed by atoms with Gasteiger partial charge in [-0.25, -0.2) is 4.79 Å². The highest BCUT2D eigenvalue weighted by atomic mass is 16.5. The van der Waals surface area contributed by atoms with Gasteiger partial charge in [0.1, 0.15) is 5.57 Å². The summed E-state index contributed by atoms with van der Waals surface area (Å²) in [6.45, 7) is 15.1. The number of Topliss-reactive ketones (excluding diaryl/α,β-unsaturated/α-hetero) is 1. The lowest BCUT2D eigenvalue weighted by Gasteiger charge is -2.68. The molecule has 174 valence electrons. The maximum absolute atomic E-state index is 13.1. The summed E-state index contributed by atoms with van der Waals surface area (Å²) in [7, 11) is 1.34. The van der Waals surface area contributed by atoms with Gasteiger partial charge in [0, 0.05) is 11.3 Å². The number of carbonyl (C=O) groups excluding carboxylic acids is 2. The Hall–Kier alpha value is -1.20. The van der Waals surface area contributed by atoms with Gasteiger partial charge in [0.15, 0.2) is 5.78 Å². The number of ketones is 1. The Kier molecular flexibility index (Phi) is 5.11. The highest BCUT2D eigenvalue weighted by Gasteiger charge is 2.67. The van der Waals surface area contributed by atoms with Crippen LogP contribution in [-0.2, 0) is 19.1 Å². The Bertz CT molecular complexity index is 843. The molecule has 2 saturated carbocycles. The number of ether oxygens (including phenoxy) is 2. The van der Waals surface area contributed by atoms with Gasteiger partial charge in [-0.05, 0) is 74.2 Å². The van der Waals surface area contributed by atoms with Crippen LogP contribution >= 0.6 is 0 Å². The van der Waals surface area contributed by atoms with E-state index in [2.05, 4.69) is 34.6 Å². The Morgan fingerprint density at radius 1 is 1.10 bits per heavy atom. The van der Waals surface area contributed by atoms with Gasteiger partial charge < -0.3 is 14.6 Å². The molecule has 4 aliphatic rings. The van der Waals surface area contributed by atoms with Gasteiger partial charge >= 0.3 is 5.97 Å². The van der Waals surface area contributed by atoms with Crippen molar-refractivity contribution in [1.29, 1.82) is 0 Å².